The van der Waals surface area contributed by atoms with Gasteiger partial charge in [0.15, 0.2) is 6.61 Å². The normalized spacial score (nSPS) is 14.9. The average Bonchev–Trinajstić information content (AvgIpc) is 3.37. The highest BCUT2D eigenvalue weighted by Crippen LogP contribution is 2.23. The quantitative estimate of drug-likeness (QED) is 0.547. The largest absolute Gasteiger partial charge is 0.462 e. The van der Waals surface area contributed by atoms with Crippen molar-refractivity contribution >= 4 is 33.7 Å². The van der Waals surface area contributed by atoms with E-state index in [0.29, 0.717) is 30.3 Å². The van der Waals surface area contributed by atoms with Gasteiger partial charge in [0.2, 0.25) is 10.0 Å². The first-order chi connectivity index (χ1) is 13.8. The van der Waals surface area contributed by atoms with Gasteiger partial charge in [0.05, 0.1) is 4.90 Å². The summed E-state index contributed by atoms with van der Waals surface area (Å²) in [5, 5.41) is 2.54. The topological polar surface area (TPSA) is 106 Å². The smallest absolute Gasteiger partial charge is 0.331 e. The van der Waals surface area contributed by atoms with Gasteiger partial charge in [-0.25, -0.2) is 13.2 Å². The summed E-state index contributed by atoms with van der Waals surface area (Å²) < 4.78 is 36.8. The fraction of sp³-hybridized carbons (Fsp3) is 0.300. The lowest BCUT2D eigenvalue weighted by molar-refractivity contribution is -0.142. The van der Waals surface area contributed by atoms with Crippen molar-refractivity contribution < 1.29 is 27.2 Å². The number of benzene rings is 1. The zero-order valence-corrected chi connectivity index (χ0v) is 16.8. The van der Waals surface area contributed by atoms with E-state index >= 15 is 0 Å². The number of nitrogens with zero attached hydrogens (tertiary/aromatic N) is 1. The van der Waals surface area contributed by atoms with E-state index in [0.717, 1.165) is 18.9 Å². The number of carbonyl (C=O) groups excluding carboxylic acids is 2. The zero-order chi connectivity index (χ0) is 20.9. The highest BCUT2D eigenvalue weighted by molar-refractivity contribution is 7.89. The number of nitrogens with one attached hydrogen (secondary N) is 1. The number of anilines is 1. The summed E-state index contributed by atoms with van der Waals surface area (Å²) in [6, 6.07) is 9.48. The van der Waals surface area contributed by atoms with Gasteiger partial charge in [-0.2, -0.15) is 4.31 Å². The number of hydrogen-bond donors (Lipinski definition) is 1. The Morgan fingerprint density at radius 3 is 2.66 bits per heavy atom. The van der Waals surface area contributed by atoms with Gasteiger partial charge in [0, 0.05) is 24.9 Å². The molecule has 1 fully saturated rings. The highest BCUT2D eigenvalue weighted by atomic mass is 32.2. The van der Waals surface area contributed by atoms with E-state index in [1.807, 2.05) is 0 Å². The van der Waals surface area contributed by atoms with E-state index in [1.54, 1.807) is 31.2 Å². The molecule has 8 nitrogen and oxygen atoms in total. The molecular formula is C20H22N2O6S. The summed E-state index contributed by atoms with van der Waals surface area (Å²) in [5.41, 5.74) is 0.313. The first-order valence-electron chi connectivity index (χ1n) is 9.16. The summed E-state index contributed by atoms with van der Waals surface area (Å²) >= 11 is 0. The summed E-state index contributed by atoms with van der Waals surface area (Å²) in [6.45, 7) is 2.29. The minimum absolute atomic E-state index is 0.117. The predicted octanol–water partition coefficient (Wildman–Crippen LogP) is 2.57. The number of sulfonamides is 1. The van der Waals surface area contributed by atoms with E-state index in [1.165, 1.54) is 22.5 Å². The van der Waals surface area contributed by atoms with Gasteiger partial charge in [-0.05, 0) is 56.2 Å². The van der Waals surface area contributed by atoms with Crippen LogP contribution in [-0.4, -0.2) is 44.3 Å². The Morgan fingerprint density at radius 1 is 1.21 bits per heavy atom. The molecule has 0 atom stereocenters. The molecule has 0 saturated carbocycles. The lowest BCUT2D eigenvalue weighted by Crippen LogP contribution is -2.28. The summed E-state index contributed by atoms with van der Waals surface area (Å²) in [6.07, 6.45) is 4.29. The van der Waals surface area contributed by atoms with Gasteiger partial charge in [-0.1, -0.05) is 6.07 Å². The molecule has 1 saturated heterocycles. The molecule has 1 aromatic heterocycles. The van der Waals surface area contributed by atoms with Crippen molar-refractivity contribution in [2.75, 3.05) is 25.0 Å². The Kier molecular flexibility index (Phi) is 6.50. The van der Waals surface area contributed by atoms with Crippen LogP contribution in [0.4, 0.5) is 5.69 Å². The molecule has 1 aliphatic heterocycles. The molecule has 1 aromatic carbocycles. The molecule has 1 N–H and O–H groups in total. The SMILES string of the molecule is Cc1ccc(/C=C/C(=O)OCC(=O)Nc2cccc(S(=O)(=O)N3CCCC3)c2)o1. The molecule has 2 heterocycles. The van der Waals surface area contributed by atoms with E-state index < -0.39 is 28.5 Å². The van der Waals surface area contributed by atoms with Crippen molar-refractivity contribution in [3.8, 4) is 0 Å². The van der Waals surface area contributed by atoms with Crippen molar-refractivity contribution in [1.29, 1.82) is 0 Å². The van der Waals surface area contributed by atoms with Crippen LogP contribution in [0.1, 0.15) is 24.4 Å². The van der Waals surface area contributed by atoms with E-state index in [-0.39, 0.29) is 4.90 Å². The monoisotopic (exact) mass is 418 g/mol. The second-order valence-electron chi connectivity index (χ2n) is 6.58. The van der Waals surface area contributed by atoms with Gasteiger partial charge in [0.1, 0.15) is 11.5 Å². The Labute approximate surface area is 169 Å². The second-order valence-corrected chi connectivity index (χ2v) is 8.51. The van der Waals surface area contributed by atoms with E-state index in [4.69, 9.17) is 9.15 Å². The number of rotatable bonds is 7. The number of esters is 1. The molecule has 29 heavy (non-hydrogen) atoms. The summed E-state index contributed by atoms with van der Waals surface area (Å²) in [4.78, 5) is 23.8. The van der Waals surface area contributed by atoms with Gasteiger partial charge in [-0.15, -0.1) is 0 Å². The van der Waals surface area contributed by atoms with Crippen molar-refractivity contribution in [3.63, 3.8) is 0 Å². The van der Waals surface area contributed by atoms with Crippen LogP contribution >= 0.6 is 0 Å². The van der Waals surface area contributed by atoms with Crippen LogP contribution in [-0.2, 0) is 24.3 Å². The maximum atomic E-state index is 12.6. The Balaban J connectivity index is 1.54. The predicted molar refractivity (Wildman–Crippen MR) is 107 cm³/mol. The molecule has 9 heteroatoms. The van der Waals surface area contributed by atoms with Crippen LogP contribution in [0.2, 0.25) is 0 Å². The van der Waals surface area contributed by atoms with Crippen LogP contribution < -0.4 is 5.32 Å². The molecule has 2 aromatic rings. The standard InChI is InChI=1S/C20H22N2O6S/c1-15-7-8-17(28-15)9-10-20(24)27-14-19(23)21-16-5-4-6-18(13-16)29(25,26)22-11-2-3-12-22/h4-10,13H,2-3,11-12,14H2,1H3,(H,21,23)/b10-9+. The van der Waals surface area contributed by atoms with E-state index in [2.05, 4.69) is 5.32 Å². The van der Waals surface area contributed by atoms with Crippen molar-refractivity contribution in [3.05, 3.63) is 54.0 Å². The average molecular weight is 418 g/mol. The fourth-order valence-electron chi connectivity index (χ4n) is 2.89. The molecule has 1 amide bonds. The van der Waals surface area contributed by atoms with Gasteiger partial charge < -0.3 is 14.5 Å². The molecule has 1 aliphatic rings. The lowest BCUT2D eigenvalue weighted by Gasteiger charge is -2.16. The number of amides is 1. The van der Waals surface area contributed by atoms with Crippen LogP contribution in [0, 0.1) is 6.92 Å². The van der Waals surface area contributed by atoms with Crippen LogP contribution in [0.5, 0.6) is 0 Å². The number of hydrogen-bond acceptors (Lipinski definition) is 6. The minimum atomic E-state index is -3.58. The van der Waals surface area contributed by atoms with Crippen LogP contribution in [0.15, 0.2) is 51.8 Å². The summed E-state index contributed by atoms with van der Waals surface area (Å²) in [7, 11) is -3.58. The third-order valence-corrected chi connectivity index (χ3v) is 6.21. The molecule has 0 unspecified atom stereocenters. The summed E-state index contributed by atoms with van der Waals surface area (Å²) in [5.74, 6) is -0.0535. The number of carbonyl (C=O) groups is 2. The van der Waals surface area contributed by atoms with Gasteiger partial charge in [-0.3, -0.25) is 4.79 Å². The zero-order valence-electron chi connectivity index (χ0n) is 16.0. The molecule has 0 aliphatic carbocycles. The Bertz CT molecular complexity index is 1020. The van der Waals surface area contributed by atoms with Crippen molar-refractivity contribution in [1.82, 2.24) is 4.31 Å². The molecular weight excluding hydrogens is 396 g/mol. The van der Waals surface area contributed by atoms with Gasteiger partial charge in [0.25, 0.3) is 5.91 Å². The minimum Gasteiger partial charge on any atom is -0.462 e. The number of aryl methyl sites for hydroxylation is 1. The molecule has 0 spiro atoms. The van der Waals surface area contributed by atoms with Crippen molar-refractivity contribution in [2.45, 2.75) is 24.7 Å². The first-order valence-corrected chi connectivity index (χ1v) is 10.6. The van der Waals surface area contributed by atoms with Crippen molar-refractivity contribution in [2.24, 2.45) is 0 Å². The number of ether oxygens (including phenoxy) is 1. The third-order valence-electron chi connectivity index (χ3n) is 4.31. The Morgan fingerprint density at radius 2 is 1.97 bits per heavy atom. The fourth-order valence-corrected chi connectivity index (χ4v) is 4.45. The van der Waals surface area contributed by atoms with Crippen LogP contribution in [0.25, 0.3) is 6.08 Å². The number of furan rings is 1. The molecule has 0 bridgehead atoms. The van der Waals surface area contributed by atoms with E-state index in [9.17, 15) is 18.0 Å². The third kappa shape index (κ3) is 5.55. The maximum Gasteiger partial charge on any atom is 0.331 e. The highest BCUT2D eigenvalue weighted by Gasteiger charge is 2.27. The lowest BCUT2D eigenvalue weighted by atomic mass is 10.3. The maximum absolute atomic E-state index is 12.6. The molecule has 3 rings (SSSR count). The molecule has 0 radical (unpaired) electrons. The van der Waals surface area contributed by atoms with Crippen LogP contribution in [0.3, 0.4) is 0 Å². The second kappa shape index (κ2) is 9.06. The first kappa shape index (κ1) is 20.8. The Hall–Kier alpha value is -2.91. The van der Waals surface area contributed by atoms with Gasteiger partial charge >= 0.3 is 5.97 Å². The molecule has 154 valence electrons.